The Morgan fingerprint density at radius 3 is 2.89 bits per heavy atom. The average Bonchev–Trinajstić information content (AvgIpc) is 2.62. The minimum atomic E-state index is -0.376. The van der Waals surface area contributed by atoms with Crippen molar-refractivity contribution in [3.8, 4) is 6.07 Å². The summed E-state index contributed by atoms with van der Waals surface area (Å²) >= 11 is 0. The molecule has 0 aliphatic heterocycles. The van der Waals surface area contributed by atoms with Gasteiger partial charge in [0.1, 0.15) is 11.9 Å². The van der Waals surface area contributed by atoms with E-state index in [1.807, 2.05) is 6.07 Å². The largest absolute Gasteiger partial charge is 0.310 e. The van der Waals surface area contributed by atoms with Crippen LogP contribution in [0.3, 0.4) is 0 Å². The Morgan fingerprint density at radius 2 is 2.11 bits per heavy atom. The van der Waals surface area contributed by atoms with Gasteiger partial charge >= 0.3 is 0 Å². The Kier molecular flexibility index (Phi) is 4.93. The first-order valence-corrected chi connectivity index (χ1v) is 7.13. The van der Waals surface area contributed by atoms with Gasteiger partial charge in [0, 0.05) is 18.2 Å². The molecule has 102 valence electrons. The SMILES string of the molecule is CC1CCCCCC1NCc1cccc(C#N)c1F. The molecule has 1 fully saturated rings. The molecule has 1 saturated carbocycles. The number of rotatable bonds is 3. The third-order valence-electron chi connectivity index (χ3n) is 4.12. The van der Waals surface area contributed by atoms with E-state index in [4.69, 9.17) is 5.26 Å². The zero-order valence-corrected chi connectivity index (χ0v) is 11.5. The monoisotopic (exact) mass is 260 g/mol. The molecule has 2 rings (SSSR count). The summed E-state index contributed by atoms with van der Waals surface area (Å²) in [5.74, 6) is 0.267. The average molecular weight is 260 g/mol. The quantitative estimate of drug-likeness (QED) is 0.840. The van der Waals surface area contributed by atoms with E-state index >= 15 is 0 Å². The lowest BCUT2D eigenvalue weighted by molar-refractivity contribution is 0.354. The minimum Gasteiger partial charge on any atom is -0.310 e. The van der Waals surface area contributed by atoms with Crippen LogP contribution in [0, 0.1) is 23.1 Å². The van der Waals surface area contributed by atoms with Crippen LogP contribution in [0.4, 0.5) is 4.39 Å². The summed E-state index contributed by atoms with van der Waals surface area (Å²) < 4.78 is 13.9. The second-order valence-electron chi connectivity index (χ2n) is 5.49. The molecule has 1 aromatic carbocycles. The topological polar surface area (TPSA) is 35.8 Å². The van der Waals surface area contributed by atoms with Gasteiger partial charge in [-0.3, -0.25) is 0 Å². The fourth-order valence-corrected chi connectivity index (χ4v) is 2.84. The molecule has 0 aromatic heterocycles. The van der Waals surface area contributed by atoms with Gasteiger partial charge in [0.25, 0.3) is 0 Å². The highest BCUT2D eigenvalue weighted by molar-refractivity contribution is 5.34. The Bertz CT molecular complexity index is 464. The van der Waals surface area contributed by atoms with Crippen LogP contribution in [0.1, 0.15) is 50.2 Å². The van der Waals surface area contributed by atoms with Crippen LogP contribution in [-0.4, -0.2) is 6.04 Å². The molecular formula is C16H21FN2. The van der Waals surface area contributed by atoms with Crippen LogP contribution >= 0.6 is 0 Å². The standard InChI is InChI=1S/C16H21FN2/c1-12-6-3-2-4-9-15(12)19-11-14-8-5-7-13(10-18)16(14)17/h5,7-8,12,15,19H,2-4,6,9,11H2,1H3. The van der Waals surface area contributed by atoms with E-state index in [0.717, 1.165) is 0 Å². The van der Waals surface area contributed by atoms with Crippen molar-refractivity contribution in [2.45, 2.75) is 51.6 Å². The van der Waals surface area contributed by atoms with Crippen molar-refractivity contribution >= 4 is 0 Å². The highest BCUT2D eigenvalue weighted by Crippen LogP contribution is 2.23. The van der Waals surface area contributed by atoms with Crippen molar-refractivity contribution in [1.29, 1.82) is 5.26 Å². The molecule has 2 atom stereocenters. The van der Waals surface area contributed by atoms with Gasteiger partial charge in [-0.05, 0) is 24.8 Å². The van der Waals surface area contributed by atoms with Gasteiger partial charge in [-0.1, -0.05) is 38.3 Å². The maximum atomic E-state index is 13.9. The molecule has 0 saturated heterocycles. The molecule has 2 unspecified atom stereocenters. The lowest BCUT2D eigenvalue weighted by atomic mass is 9.96. The van der Waals surface area contributed by atoms with Crippen LogP contribution in [0.2, 0.25) is 0 Å². The molecule has 0 spiro atoms. The first kappa shape index (κ1) is 14.0. The normalized spacial score (nSPS) is 23.6. The van der Waals surface area contributed by atoms with E-state index in [1.54, 1.807) is 12.1 Å². The number of nitriles is 1. The van der Waals surface area contributed by atoms with Crippen molar-refractivity contribution in [3.05, 3.63) is 35.1 Å². The highest BCUT2D eigenvalue weighted by atomic mass is 19.1. The summed E-state index contributed by atoms with van der Waals surface area (Å²) in [4.78, 5) is 0. The van der Waals surface area contributed by atoms with Gasteiger partial charge in [-0.15, -0.1) is 0 Å². The Labute approximate surface area is 114 Å². The summed E-state index contributed by atoms with van der Waals surface area (Å²) in [5.41, 5.74) is 0.726. The molecule has 0 heterocycles. The minimum absolute atomic E-state index is 0.133. The summed E-state index contributed by atoms with van der Waals surface area (Å²) in [6, 6.07) is 7.38. The third kappa shape index (κ3) is 3.54. The molecule has 1 aromatic rings. The highest BCUT2D eigenvalue weighted by Gasteiger charge is 2.19. The van der Waals surface area contributed by atoms with Crippen LogP contribution in [0.15, 0.2) is 18.2 Å². The van der Waals surface area contributed by atoms with E-state index in [2.05, 4.69) is 12.2 Å². The number of hydrogen-bond donors (Lipinski definition) is 1. The van der Waals surface area contributed by atoms with Gasteiger partial charge < -0.3 is 5.32 Å². The predicted octanol–water partition coefficient (Wildman–Crippen LogP) is 3.76. The molecule has 0 radical (unpaired) electrons. The zero-order valence-electron chi connectivity index (χ0n) is 11.5. The molecule has 0 bridgehead atoms. The second kappa shape index (κ2) is 6.68. The molecule has 1 aliphatic carbocycles. The van der Waals surface area contributed by atoms with Crippen molar-refractivity contribution in [2.24, 2.45) is 5.92 Å². The van der Waals surface area contributed by atoms with Crippen molar-refractivity contribution in [1.82, 2.24) is 5.32 Å². The first-order valence-electron chi connectivity index (χ1n) is 7.13. The molecule has 2 nitrogen and oxygen atoms in total. The fourth-order valence-electron chi connectivity index (χ4n) is 2.84. The van der Waals surface area contributed by atoms with E-state index in [9.17, 15) is 4.39 Å². The van der Waals surface area contributed by atoms with E-state index in [0.29, 0.717) is 24.1 Å². The smallest absolute Gasteiger partial charge is 0.145 e. The third-order valence-corrected chi connectivity index (χ3v) is 4.12. The van der Waals surface area contributed by atoms with E-state index in [-0.39, 0.29) is 11.4 Å². The molecular weight excluding hydrogens is 239 g/mol. The van der Waals surface area contributed by atoms with Gasteiger partial charge in [-0.2, -0.15) is 5.26 Å². The van der Waals surface area contributed by atoms with Gasteiger partial charge in [-0.25, -0.2) is 4.39 Å². The first-order chi connectivity index (χ1) is 9.22. The maximum absolute atomic E-state index is 13.9. The van der Waals surface area contributed by atoms with E-state index < -0.39 is 0 Å². The second-order valence-corrected chi connectivity index (χ2v) is 5.49. The van der Waals surface area contributed by atoms with Crippen LogP contribution < -0.4 is 5.32 Å². The van der Waals surface area contributed by atoms with E-state index in [1.165, 1.54) is 38.2 Å². The molecule has 1 aliphatic rings. The summed E-state index contributed by atoms with van der Waals surface area (Å²) in [5, 5.41) is 12.3. The fraction of sp³-hybridized carbons (Fsp3) is 0.562. The Morgan fingerprint density at radius 1 is 1.32 bits per heavy atom. The number of nitrogens with zero attached hydrogens (tertiary/aromatic N) is 1. The number of halogens is 1. The predicted molar refractivity (Wildman–Crippen MR) is 74.0 cm³/mol. The van der Waals surface area contributed by atoms with Crippen molar-refractivity contribution in [2.75, 3.05) is 0 Å². The Balaban J connectivity index is 2.00. The summed E-state index contributed by atoms with van der Waals surface area (Å²) in [6.45, 7) is 2.78. The molecule has 3 heteroatoms. The van der Waals surface area contributed by atoms with Crippen molar-refractivity contribution in [3.63, 3.8) is 0 Å². The molecule has 19 heavy (non-hydrogen) atoms. The lowest BCUT2D eigenvalue weighted by Gasteiger charge is -2.23. The van der Waals surface area contributed by atoms with Crippen LogP contribution in [0.25, 0.3) is 0 Å². The Hall–Kier alpha value is -1.40. The summed E-state index contributed by atoms with van der Waals surface area (Å²) in [7, 11) is 0. The lowest BCUT2D eigenvalue weighted by Crippen LogP contribution is -2.34. The van der Waals surface area contributed by atoms with Crippen molar-refractivity contribution < 1.29 is 4.39 Å². The van der Waals surface area contributed by atoms with Gasteiger partial charge in [0.2, 0.25) is 0 Å². The molecule has 0 amide bonds. The van der Waals surface area contributed by atoms with Crippen LogP contribution in [-0.2, 0) is 6.54 Å². The maximum Gasteiger partial charge on any atom is 0.145 e. The number of hydrogen-bond acceptors (Lipinski definition) is 2. The van der Waals surface area contributed by atoms with Gasteiger partial charge in [0.05, 0.1) is 5.56 Å². The number of benzene rings is 1. The molecule has 1 N–H and O–H groups in total. The van der Waals surface area contributed by atoms with Crippen LogP contribution in [0.5, 0.6) is 0 Å². The summed E-state index contributed by atoms with van der Waals surface area (Å²) in [6.07, 6.45) is 6.28. The number of nitrogens with one attached hydrogen (secondary N) is 1. The zero-order chi connectivity index (χ0) is 13.7. The van der Waals surface area contributed by atoms with Gasteiger partial charge in [0.15, 0.2) is 0 Å².